The normalized spacial score (nSPS) is 11.0. The van der Waals surface area contributed by atoms with Gasteiger partial charge in [-0.15, -0.1) is 0 Å². The van der Waals surface area contributed by atoms with Crippen LogP contribution in [0, 0.1) is 0 Å². The van der Waals surface area contributed by atoms with Crippen molar-refractivity contribution in [2.75, 3.05) is 30.3 Å². The van der Waals surface area contributed by atoms with Crippen LogP contribution < -0.4 is 13.8 Å². The van der Waals surface area contributed by atoms with E-state index in [1.807, 2.05) is 25.1 Å². The van der Waals surface area contributed by atoms with Crippen LogP contribution >= 0.6 is 0 Å². The molecule has 6 heteroatoms. The molecule has 0 saturated carbocycles. The molecule has 0 heterocycles. The highest BCUT2D eigenvalue weighted by molar-refractivity contribution is 7.92. The maximum atomic E-state index is 12.5. The van der Waals surface area contributed by atoms with Crippen molar-refractivity contribution in [1.82, 2.24) is 0 Å². The minimum atomic E-state index is -3.42. The summed E-state index contributed by atoms with van der Waals surface area (Å²) in [4.78, 5) is 0. The van der Waals surface area contributed by atoms with Gasteiger partial charge in [0.05, 0.1) is 12.8 Å². The standard InChI is InChI=1S/C17H21NO4S/c1-3-18(15-7-5-4-6-8-15)23(19,20)14-13-22-17-11-9-16(21-2)10-12-17/h4-12H,3,13-14H2,1-2H3. The first-order valence-corrected chi connectivity index (χ1v) is 9.00. The molecule has 0 aromatic heterocycles. The van der Waals surface area contributed by atoms with E-state index in [0.717, 1.165) is 5.75 Å². The van der Waals surface area contributed by atoms with E-state index in [1.165, 1.54) is 4.31 Å². The molecule has 2 aromatic rings. The van der Waals surface area contributed by atoms with Gasteiger partial charge < -0.3 is 9.47 Å². The molecule has 2 aromatic carbocycles. The fourth-order valence-electron chi connectivity index (χ4n) is 2.18. The Balaban J connectivity index is 1.97. The predicted octanol–water partition coefficient (Wildman–Crippen LogP) is 2.93. The average Bonchev–Trinajstić information content (AvgIpc) is 2.56. The Morgan fingerprint density at radius 3 is 2.13 bits per heavy atom. The number of hydrogen-bond acceptors (Lipinski definition) is 4. The molecular weight excluding hydrogens is 314 g/mol. The quantitative estimate of drug-likeness (QED) is 0.744. The maximum Gasteiger partial charge on any atom is 0.238 e. The van der Waals surface area contributed by atoms with E-state index >= 15 is 0 Å². The SMILES string of the molecule is CCN(c1ccccc1)S(=O)(=O)CCOc1ccc(OC)cc1. The molecule has 0 amide bonds. The minimum absolute atomic E-state index is 0.0816. The Morgan fingerprint density at radius 2 is 1.57 bits per heavy atom. The zero-order chi connectivity index (χ0) is 16.7. The molecule has 23 heavy (non-hydrogen) atoms. The molecule has 0 saturated heterocycles. The fraction of sp³-hybridized carbons (Fsp3) is 0.294. The average molecular weight is 335 g/mol. The Labute approximate surface area is 137 Å². The van der Waals surface area contributed by atoms with Crippen molar-refractivity contribution in [3.8, 4) is 11.5 Å². The molecule has 0 fully saturated rings. The van der Waals surface area contributed by atoms with Gasteiger partial charge in [0.1, 0.15) is 23.9 Å². The van der Waals surface area contributed by atoms with Crippen LogP contribution in [0.25, 0.3) is 0 Å². The van der Waals surface area contributed by atoms with Crippen LogP contribution in [0.15, 0.2) is 54.6 Å². The molecule has 0 spiro atoms. The first-order chi connectivity index (χ1) is 11.1. The fourth-order valence-corrected chi connectivity index (χ4v) is 3.53. The summed E-state index contributed by atoms with van der Waals surface area (Å²) in [6, 6.07) is 16.1. The number of anilines is 1. The zero-order valence-electron chi connectivity index (χ0n) is 13.3. The number of para-hydroxylation sites is 1. The maximum absolute atomic E-state index is 12.5. The van der Waals surface area contributed by atoms with Gasteiger partial charge in [0.2, 0.25) is 10.0 Å². The van der Waals surface area contributed by atoms with Gasteiger partial charge in [-0.3, -0.25) is 4.31 Å². The highest BCUT2D eigenvalue weighted by Gasteiger charge is 2.20. The van der Waals surface area contributed by atoms with Crippen LogP contribution in [0.2, 0.25) is 0 Å². The van der Waals surface area contributed by atoms with E-state index in [1.54, 1.807) is 43.5 Å². The van der Waals surface area contributed by atoms with E-state index in [2.05, 4.69) is 0 Å². The first kappa shape index (κ1) is 17.1. The molecule has 2 rings (SSSR count). The second kappa shape index (κ2) is 7.87. The second-order valence-electron chi connectivity index (χ2n) is 4.84. The van der Waals surface area contributed by atoms with Crippen LogP contribution in [0.1, 0.15) is 6.92 Å². The van der Waals surface area contributed by atoms with Gasteiger partial charge in [-0.1, -0.05) is 18.2 Å². The molecule has 0 unspecified atom stereocenters. The largest absolute Gasteiger partial charge is 0.497 e. The van der Waals surface area contributed by atoms with Crippen molar-refractivity contribution in [2.24, 2.45) is 0 Å². The monoisotopic (exact) mass is 335 g/mol. The summed E-state index contributed by atoms with van der Waals surface area (Å²) in [7, 11) is -1.84. The first-order valence-electron chi connectivity index (χ1n) is 7.39. The van der Waals surface area contributed by atoms with Gasteiger partial charge in [0.25, 0.3) is 0 Å². The van der Waals surface area contributed by atoms with E-state index < -0.39 is 10.0 Å². The molecular formula is C17H21NO4S. The van der Waals surface area contributed by atoms with E-state index in [-0.39, 0.29) is 12.4 Å². The van der Waals surface area contributed by atoms with Crippen LogP contribution in [0.4, 0.5) is 5.69 Å². The number of methoxy groups -OCH3 is 1. The van der Waals surface area contributed by atoms with Gasteiger partial charge in [-0.05, 0) is 43.3 Å². The molecule has 0 aliphatic carbocycles. The van der Waals surface area contributed by atoms with Gasteiger partial charge >= 0.3 is 0 Å². The lowest BCUT2D eigenvalue weighted by molar-refractivity contribution is 0.339. The Hall–Kier alpha value is -2.21. The summed E-state index contributed by atoms with van der Waals surface area (Å²) in [5.41, 5.74) is 0.666. The molecule has 0 N–H and O–H groups in total. The van der Waals surface area contributed by atoms with Gasteiger partial charge in [0.15, 0.2) is 0 Å². The van der Waals surface area contributed by atoms with Gasteiger partial charge in [-0.2, -0.15) is 0 Å². The third-order valence-corrected chi connectivity index (χ3v) is 5.16. The van der Waals surface area contributed by atoms with Crippen LogP contribution in [-0.2, 0) is 10.0 Å². The van der Waals surface area contributed by atoms with Crippen LogP contribution in [0.3, 0.4) is 0 Å². The number of sulfonamides is 1. The van der Waals surface area contributed by atoms with Crippen molar-refractivity contribution >= 4 is 15.7 Å². The third kappa shape index (κ3) is 4.63. The second-order valence-corrected chi connectivity index (χ2v) is 6.85. The third-order valence-electron chi connectivity index (χ3n) is 3.34. The number of benzene rings is 2. The van der Waals surface area contributed by atoms with Crippen LogP contribution in [-0.4, -0.2) is 34.4 Å². The van der Waals surface area contributed by atoms with Gasteiger partial charge in [0, 0.05) is 6.54 Å². The topological polar surface area (TPSA) is 55.8 Å². The highest BCUT2D eigenvalue weighted by Crippen LogP contribution is 2.19. The summed E-state index contributed by atoms with van der Waals surface area (Å²) < 4.78 is 36.9. The molecule has 5 nitrogen and oxygen atoms in total. The highest BCUT2D eigenvalue weighted by atomic mass is 32.2. The smallest absolute Gasteiger partial charge is 0.238 e. The molecule has 0 aliphatic heterocycles. The van der Waals surface area contributed by atoms with Crippen molar-refractivity contribution in [3.05, 3.63) is 54.6 Å². The van der Waals surface area contributed by atoms with Gasteiger partial charge in [-0.25, -0.2) is 8.42 Å². The summed E-state index contributed by atoms with van der Waals surface area (Å²) in [5, 5.41) is 0. The van der Waals surface area contributed by atoms with Crippen molar-refractivity contribution in [3.63, 3.8) is 0 Å². The van der Waals surface area contributed by atoms with Crippen molar-refractivity contribution in [1.29, 1.82) is 0 Å². The summed E-state index contributed by atoms with van der Waals surface area (Å²) >= 11 is 0. The summed E-state index contributed by atoms with van der Waals surface area (Å²) in [6.07, 6.45) is 0. The molecule has 0 radical (unpaired) electrons. The number of nitrogens with zero attached hydrogens (tertiary/aromatic N) is 1. The minimum Gasteiger partial charge on any atom is -0.497 e. The van der Waals surface area contributed by atoms with Crippen molar-refractivity contribution < 1.29 is 17.9 Å². The number of hydrogen-bond donors (Lipinski definition) is 0. The summed E-state index contributed by atoms with van der Waals surface area (Å²) in [6.45, 7) is 2.29. The van der Waals surface area contributed by atoms with Crippen molar-refractivity contribution in [2.45, 2.75) is 6.92 Å². The number of ether oxygens (including phenoxy) is 2. The lowest BCUT2D eigenvalue weighted by Gasteiger charge is -2.22. The Kier molecular flexibility index (Phi) is 5.87. The Morgan fingerprint density at radius 1 is 0.957 bits per heavy atom. The molecule has 124 valence electrons. The molecule has 0 bridgehead atoms. The predicted molar refractivity (Wildman–Crippen MR) is 91.7 cm³/mol. The van der Waals surface area contributed by atoms with Crippen LogP contribution in [0.5, 0.6) is 11.5 Å². The Bertz CT molecular complexity index is 699. The molecule has 0 aliphatic rings. The number of rotatable bonds is 8. The van der Waals surface area contributed by atoms with E-state index in [4.69, 9.17) is 9.47 Å². The zero-order valence-corrected chi connectivity index (χ0v) is 14.1. The lowest BCUT2D eigenvalue weighted by atomic mass is 10.3. The van der Waals surface area contributed by atoms with E-state index in [9.17, 15) is 8.42 Å². The lowest BCUT2D eigenvalue weighted by Crippen LogP contribution is -2.34. The van der Waals surface area contributed by atoms with E-state index in [0.29, 0.717) is 18.0 Å². The summed E-state index contributed by atoms with van der Waals surface area (Å²) in [5.74, 6) is 1.26. The molecule has 0 atom stereocenters.